The number of piperazine rings is 1. The van der Waals surface area contributed by atoms with Crippen LogP contribution in [0.5, 0.6) is 5.75 Å². The zero-order valence-corrected chi connectivity index (χ0v) is 21.6. The van der Waals surface area contributed by atoms with Gasteiger partial charge in [-0.1, -0.05) is 38.1 Å². The number of benzene rings is 2. The maximum Gasteiger partial charge on any atom is 0.122 e. The maximum atomic E-state index is 6.22. The molecule has 1 aromatic heterocycles. The van der Waals surface area contributed by atoms with Gasteiger partial charge in [-0.25, -0.2) is 4.98 Å². The highest BCUT2D eigenvalue weighted by molar-refractivity contribution is 5.75. The summed E-state index contributed by atoms with van der Waals surface area (Å²) < 4.78 is 8.67. The van der Waals surface area contributed by atoms with Gasteiger partial charge in [-0.3, -0.25) is 0 Å². The van der Waals surface area contributed by atoms with Crippen LogP contribution in [0.2, 0.25) is 0 Å². The number of unbranched alkanes of at least 4 members (excludes halogenated alkanes) is 1. The normalized spacial score (nSPS) is 15.4. The van der Waals surface area contributed by atoms with E-state index in [1.54, 1.807) is 0 Å². The number of imidazole rings is 1. The lowest BCUT2D eigenvalue weighted by Crippen LogP contribution is -2.44. The number of nitrogens with zero attached hydrogens (tertiary/aromatic N) is 4. The van der Waals surface area contributed by atoms with Crippen LogP contribution in [-0.2, 0) is 13.0 Å². The SMILES string of the molecule is Cc1ccc(C(C)C)c(OCCCCn2c(CCCN3CCN(C)CC3)nc3ccccc32)c1. The summed E-state index contributed by atoms with van der Waals surface area (Å²) in [6.45, 7) is 14.3. The summed E-state index contributed by atoms with van der Waals surface area (Å²) in [5.41, 5.74) is 4.94. The van der Waals surface area contributed by atoms with Gasteiger partial charge in [0.15, 0.2) is 0 Å². The van der Waals surface area contributed by atoms with Gasteiger partial charge < -0.3 is 19.1 Å². The van der Waals surface area contributed by atoms with E-state index in [9.17, 15) is 0 Å². The minimum atomic E-state index is 0.473. The van der Waals surface area contributed by atoms with E-state index in [0.717, 1.165) is 43.7 Å². The molecule has 1 aliphatic rings. The number of para-hydroxylation sites is 2. The van der Waals surface area contributed by atoms with Crippen LogP contribution in [0.1, 0.15) is 56.0 Å². The smallest absolute Gasteiger partial charge is 0.122 e. The van der Waals surface area contributed by atoms with Gasteiger partial charge in [0, 0.05) is 39.1 Å². The molecule has 4 rings (SSSR count). The summed E-state index contributed by atoms with van der Waals surface area (Å²) in [6.07, 6.45) is 4.34. The lowest BCUT2D eigenvalue weighted by molar-refractivity contribution is 0.152. The fourth-order valence-corrected chi connectivity index (χ4v) is 4.90. The molecular weight excluding hydrogens is 420 g/mol. The Bertz CT molecular complexity index is 1050. The van der Waals surface area contributed by atoms with Gasteiger partial charge in [0.25, 0.3) is 0 Å². The molecule has 0 unspecified atom stereocenters. The molecule has 0 spiro atoms. The van der Waals surface area contributed by atoms with Crippen LogP contribution < -0.4 is 4.74 Å². The first-order valence-corrected chi connectivity index (χ1v) is 13.1. The summed E-state index contributed by atoms with van der Waals surface area (Å²) in [7, 11) is 2.22. The van der Waals surface area contributed by atoms with Crippen LogP contribution in [0.3, 0.4) is 0 Å². The first-order valence-electron chi connectivity index (χ1n) is 13.1. The highest BCUT2D eigenvalue weighted by atomic mass is 16.5. The summed E-state index contributed by atoms with van der Waals surface area (Å²) in [5, 5.41) is 0. The molecule has 3 aromatic rings. The van der Waals surface area contributed by atoms with Crippen LogP contribution in [0.4, 0.5) is 0 Å². The Morgan fingerprint density at radius 1 is 0.941 bits per heavy atom. The van der Waals surface area contributed by atoms with Crippen molar-refractivity contribution in [3.8, 4) is 5.75 Å². The molecule has 0 radical (unpaired) electrons. The molecule has 1 fully saturated rings. The third-order valence-electron chi connectivity index (χ3n) is 7.03. The summed E-state index contributed by atoms with van der Waals surface area (Å²) in [5.74, 6) is 2.76. The number of fused-ring (bicyclic) bond motifs is 1. The minimum Gasteiger partial charge on any atom is -0.493 e. The molecule has 184 valence electrons. The van der Waals surface area contributed by atoms with Crippen molar-refractivity contribution in [2.45, 2.75) is 58.9 Å². The van der Waals surface area contributed by atoms with E-state index < -0.39 is 0 Å². The number of rotatable bonds is 11. The second-order valence-corrected chi connectivity index (χ2v) is 10.2. The summed E-state index contributed by atoms with van der Waals surface area (Å²) in [6, 6.07) is 15.1. The molecule has 34 heavy (non-hydrogen) atoms. The Labute approximate surface area is 205 Å². The van der Waals surface area contributed by atoms with Gasteiger partial charge in [-0.2, -0.15) is 0 Å². The molecule has 0 amide bonds. The first-order chi connectivity index (χ1) is 16.5. The van der Waals surface area contributed by atoms with Crippen LogP contribution in [-0.4, -0.2) is 65.7 Å². The lowest BCUT2D eigenvalue weighted by atomic mass is 10.0. The van der Waals surface area contributed by atoms with E-state index in [1.165, 1.54) is 61.6 Å². The molecule has 2 heterocycles. The number of ether oxygens (including phenoxy) is 1. The predicted molar refractivity (Wildman–Crippen MR) is 142 cm³/mol. The first kappa shape index (κ1) is 24.7. The molecule has 5 heteroatoms. The number of likely N-dealkylation sites (N-methyl/N-ethyl adjacent to an activating group) is 1. The van der Waals surface area contributed by atoms with Crippen molar-refractivity contribution in [2.24, 2.45) is 0 Å². The monoisotopic (exact) mass is 462 g/mol. The van der Waals surface area contributed by atoms with Gasteiger partial charge in [-0.15, -0.1) is 0 Å². The fourth-order valence-electron chi connectivity index (χ4n) is 4.90. The maximum absolute atomic E-state index is 6.22. The highest BCUT2D eigenvalue weighted by Crippen LogP contribution is 2.27. The number of aryl methyl sites for hydroxylation is 3. The van der Waals surface area contributed by atoms with Gasteiger partial charge in [-0.05, 0) is 75.0 Å². The van der Waals surface area contributed by atoms with Crippen LogP contribution in [0, 0.1) is 6.92 Å². The number of hydrogen-bond donors (Lipinski definition) is 0. The van der Waals surface area contributed by atoms with Gasteiger partial charge in [0.1, 0.15) is 11.6 Å². The third-order valence-corrected chi connectivity index (χ3v) is 7.03. The van der Waals surface area contributed by atoms with Gasteiger partial charge in [0.2, 0.25) is 0 Å². The molecule has 0 N–H and O–H groups in total. The Hall–Kier alpha value is -2.37. The van der Waals surface area contributed by atoms with Crippen molar-refractivity contribution < 1.29 is 4.74 Å². The molecule has 5 nitrogen and oxygen atoms in total. The predicted octanol–water partition coefficient (Wildman–Crippen LogP) is 5.51. The Kier molecular flexibility index (Phi) is 8.63. The van der Waals surface area contributed by atoms with Crippen molar-refractivity contribution in [1.82, 2.24) is 19.4 Å². The lowest BCUT2D eigenvalue weighted by Gasteiger charge is -2.32. The molecule has 0 saturated carbocycles. The van der Waals surface area contributed by atoms with E-state index in [1.807, 2.05) is 0 Å². The van der Waals surface area contributed by atoms with Crippen molar-refractivity contribution in [1.29, 1.82) is 0 Å². The van der Waals surface area contributed by atoms with E-state index in [2.05, 4.69) is 84.7 Å². The van der Waals surface area contributed by atoms with Crippen molar-refractivity contribution in [3.05, 3.63) is 59.4 Å². The second-order valence-electron chi connectivity index (χ2n) is 10.2. The third kappa shape index (κ3) is 6.39. The fraction of sp³-hybridized carbons (Fsp3) is 0.552. The van der Waals surface area contributed by atoms with Gasteiger partial charge in [0.05, 0.1) is 17.6 Å². The van der Waals surface area contributed by atoms with E-state index in [4.69, 9.17) is 9.72 Å². The molecule has 1 saturated heterocycles. The Morgan fingerprint density at radius 3 is 2.53 bits per heavy atom. The largest absolute Gasteiger partial charge is 0.493 e. The van der Waals surface area contributed by atoms with Crippen molar-refractivity contribution >= 4 is 11.0 Å². The zero-order chi connectivity index (χ0) is 23.9. The Morgan fingerprint density at radius 2 is 1.74 bits per heavy atom. The summed E-state index contributed by atoms with van der Waals surface area (Å²) in [4.78, 5) is 10.0. The topological polar surface area (TPSA) is 33.5 Å². The van der Waals surface area contributed by atoms with E-state index in [0.29, 0.717) is 5.92 Å². The average molecular weight is 463 g/mol. The quantitative estimate of drug-likeness (QED) is 0.352. The molecule has 1 aliphatic heterocycles. The van der Waals surface area contributed by atoms with Crippen LogP contribution in [0.15, 0.2) is 42.5 Å². The zero-order valence-electron chi connectivity index (χ0n) is 21.6. The molecular formula is C29H42N4O. The van der Waals surface area contributed by atoms with Crippen LogP contribution >= 0.6 is 0 Å². The van der Waals surface area contributed by atoms with Crippen LogP contribution in [0.25, 0.3) is 11.0 Å². The second kappa shape index (κ2) is 11.9. The minimum absolute atomic E-state index is 0.473. The van der Waals surface area contributed by atoms with Crippen molar-refractivity contribution in [3.63, 3.8) is 0 Å². The summed E-state index contributed by atoms with van der Waals surface area (Å²) >= 11 is 0. The Balaban J connectivity index is 1.31. The van der Waals surface area contributed by atoms with E-state index >= 15 is 0 Å². The van der Waals surface area contributed by atoms with Crippen molar-refractivity contribution in [2.75, 3.05) is 46.4 Å². The molecule has 0 bridgehead atoms. The molecule has 2 aromatic carbocycles. The average Bonchev–Trinajstić information content (AvgIpc) is 3.17. The van der Waals surface area contributed by atoms with Gasteiger partial charge >= 0.3 is 0 Å². The number of aromatic nitrogens is 2. The molecule has 0 aliphatic carbocycles. The molecule has 0 atom stereocenters. The number of hydrogen-bond acceptors (Lipinski definition) is 4. The standard InChI is InChI=1S/C29H42N4O/c1-23(2)25-14-13-24(3)22-28(25)34-21-8-7-16-33-27-11-6-5-10-26(27)30-29(33)12-9-15-32-19-17-31(4)18-20-32/h5-6,10-11,13-14,22-23H,7-9,12,15-21H2,1-4H3. The van der Waals surface area contributed by atoms with E-state index in [-0.39, 0.29) is 0 Å². The highest BCUT2D eigenvalue weighted by Gasteiger charge is 2.15.